The van der Waals surface area contributed by atoms with Crippen LogP contribution in [0.4, 0.5) is 4.79 Å². The van der Waals surface area contributed by atoms with Gasteiger partial charge in [0.15, 0.2) is 0 Å². The first-order valence-corrected chi connectivity index (χ1v) is 8.87. The standard InChI is InChI=1S/C19H26N2O4/c1-12(2)17-18(22)21(19(23)20-17)9-15-5-4-13(3)8-16(15)25-11-14-6-7-24-10-14/h4-5,8,12,14,17H,6-7,9-11H2,1-3H3,(H,20,23). The smallest absolute Gasteiger partial charge is 0.325 e. The van der Waals surface area contributed by atoms with Crippen LogP contribution in [0.15, 0.2) is 18.2 Å². The van der Waals surface area contributed by atoms with E-state index in [0.29, 0.717) is 12.5 Å². The second-order valence-electron chi connectivity index (χ2n) is 7.25. The molecule has 0 aliphatic carbocycles. The summed E-state index contributed by atoms with van der Waals surface area (Å²) in [6, 6.07) is 5.08. The molecular formula is C19H26N2O4. The van der Waals surface area contributed by atoms with Crippen molar-refractivity contribution in [2.45, 2.75) is 39.8 Å². The van der Waals surface area contributed by atoms with Gasteiger partial charge < -0.3 is 14.8 Å². The maximum Gasteiger partial charge on any atom is 0.325 e. The molecule has 3 amide bonds. The first-order valence-electron chi connectivity index (χ1n) is 8.87. The highest BCUT2D eigenvalue weighted by Gasteiger charge is 2.39. The van der Waals surface area contributed by atoms with Crippen LogP contribution in [0.5, 0.6) is 5.75 Å². The number of nitrogens with one attached hydrogen (secondary N) is 1. The van der Waals surface area contributed by atoms with E-state index in [0.717, 1.165) is 36.5 Å². The fraction of sp³-hybridized carbons (Fsp3) is 0.579. The minimum atomic E-state index is -0.446. The molecule has 2 aliphatic rings. The number of aryl methyl sites for hydroxylation is 1. The van der Waals surface area contributed by atoms with Gasteiger partial charge in [-0.05, 0) is 30.9 Å². The molecule has 2 aliphatic heterocycles. The molecule has 2 saturated heterocycles. The van der Waals surface area contributed by atoms with Crippen molar-refractivity contribution in [2.24, 2.45) is 11.8 Å². The van der Waals surface area contributed by atoms with Crippen molar-refractivity contribution in [3.8, 4) is 5.75 Å². The lowest BCUT2D eigenvalue weighted by molar-refractivity contribution is -0.128. The molecule has 2 heterocycles. The first-order chi connectivity index (χ1) is 12.0. The zero-order valence-corrected chi connectivity index (χ0v) is 15.1. The van der Waals surface area contributed by atoms with Crippen molar-refractivity contribution in [1.82, 2.24) is 10.2 Å². The highest BCUT2D eigenvalue weighted by Crippen LogP contribution is 2.26. The predicted molar refractivity (Wildman–Crippen MR) is 93.3 cm³/mol. The molecule has 0 aromatic heterocycles. The lowest BCUT2D eigenvalue weighted by Crippen LogP contribution is -2.34. The second-order valence-corrected chi connectivity index (χ2v) is 7.25. The van der Waals surface area contributed by atoms with Gasteiger partial charge in [0.05, 0.1) is 19.8 Å². The normalized spacial score (nSPS) is 23.4. The average molecular weight is 346 g/mol. The van der Waals surface area contributed by atoms with E-state index in [-0.39, 0.29) is 24.4 Å². The van der Waals surface area contributed by atoms with E-state index in [1.54, 1.807) is 0 Å². The summed E-state index contributed by atoms with van der Waals surface area (Å²) in [7, 11) is 0. The predicted octanol–water partition coefficient (Wildman–Crippen LogP) is 2.49. The first kappa shape index (κ1) is 17.7. The number of ether oxygens (including phenoxy) is 2. The number of amides is 3. The maximum atomic E-state index is 12.5. The molecule has 3 rings (SSSR count). The van der Waals surface area contributed by atoms with Gasteiger partial charge in [0.2, 0.25) is 0 Å². The monoisotopic (exact) mass is 346 g/mol. The molecule has 0 bridgehead atoms. The van der Waals surface area contributed by atoms with Crippen molar-refractivity contribution in [2.75, 3.05) is 19.8 Å². The minimum Gasteiger partial charge on any atom is -0.493 e. The number of imide groups is 1. The van der Waals surface area contributed by atoms with Gasteiger partial charge in [-0.2, -0.15) is 0 Å². The number of carbonyl (C=O) groups excluding carboxylic acids is 2. The molecule has 25 heavy (non-hydrogen) atoms. The Hall–Kier alpha value is -2.08. The Morgan fingerprint density at radius 2 is 2.16 bits per heavy atom. The highest BCUT2D eigenvalue weighted by atomic mass is 16.5. The molecule has 2 unspecified atom stereocenters. The molecule has 1 aromatic carbocycles. The molecule has 6 heteroatoms. The van der Waals surface area contributed by atoms with Crippen LogP contribution in [0.1, 0.15) is 31.4 Å². The van der Waals surface area contributed by atoms with Gasteiger partial charge in [0.1, 0.15) is 11.8 Å². The molecule has 1 N–H and O–H groups in total. The Morgan fingerprint density at radius 3 is 2.80 bits per heavy atom. The number of urea groups is 1. The summed E-state index contributed by atoms with van der Waals surface area (Å²) >= 11 is 0. The van der Waals surface area contributed by atoms with Gasteiger partial charge in [-0.1, -0.05) is 26.0 Å². The molecule has 2 atom stereocenters. The second kappa shape index (κ2) is 7.44. The third-order valence-electron chi connectivity index (χ3n) is 4.77. The van der Waals surface area contributed by atoms with E-state index in [2.05, 4.69) is 5.32 Å². The van der Waals surface area contributed by atoms with Crippen LogP contribution in [0.3, 0.4) is 0 Å². The van der Waals surface area contributed by atoms with Crippen molar-refractivity contribution in [1.29, 1.82) is 0 Å². The SMILES string of the molecule is Cc1ccc(CN2C(=O)NC(C(C)C)C2=O)c(OCC2CCOC2)c1. The maximum absolute atomic E-state index is 12.5. The van der Waals surface area contributed by atoms with Gasteiger partial charge in [-0.3, -0.25) is 9.69 Å². The quantitative estimate of drug-likeness (QED) is 0.804. The van der Waals surface area contributed by atoms with Crippen molar-refractivity contribution < 1.29 is 19.1 Å². The van der Waals surface area contributed by atoms with E-state index in [9.17, 15) is 9.59 Å². The van der Waals surface area contributed by atoms with E-state index < -0.39 is 6.04 Å². The van der Waals surface area contributed by atoms with Gasteiger partial charge in [-0.25, -0.2) is 4.79 Å². The molecule has 0 spiro atoms. The van der Waals surface area contributed by atoms with Crippen molar-refractivity contribution in [3.63, 3.8) is 0 Å². The third-order valence-corrected chi connectivity index (χ3v) is 4.77. The van der Waals surface area contributed by atoms with E-state index in [1.165, 1.54) is 4.90 Å². The van der Waals surface area contributed by atoms with E-state index in [4.69, 9.17) is 9.47 Å². The van der Waals surface area contributed by atoms with Crippen molar-refractivity contribution in [3.05, 3.63) is 29.3 Å². The van der Waals surface area contributed by atoms with Crippen LogP contribution < -0.4 is 10.1 Å². The van der Waals surface area contributed by atoms with Gasteiger partial charge in [0, 0.05) is 18.1 Å². The van der Waals surface area contributed by atoms with Crippen LogP contribution in [0.2, 0.25) is 0 Å². The Balaban J connectivity index is 1.73. The Morgan fingerprint density at radius 1 is 1.36 bits per heavy atom. The number of benzene rings is 1. The molecule has 2 fully saturated rings. The van der Waals surface area contributed by atoms with Gasteiger partial charge in [0.25, 0.3) is 5.91 Å². The highest BCUT2D eigenvalue weighted by molar-refractivity contribution is 6.04. The molecule has 6 nitrogen and oxygen atoms in total. The van der Waals surface area contributed by atoms with E-state index in [1.807, 2.05) is 39.0 Å². The third kappa shape index (κ3) is 3.95. The summed E-state index contributed by atoms with van der Waals surface area (Å²) in [5, 5.41) is 2.76. The van der Waals surface area contributed by atoms with Crippen molar-refractivity contribution >= 4 is 11.9 Å². The summed E-state index contributed by atoms with van der Waals surface area (Å²) in [4.78, 5) is 26.0. The summed E-state index contributed by atoms with van der Waals surface area (Å²) in [5.41, 5.74) is 1.93. The van der Waals surface area contributed by atoms with Crippen LogP contribution >= 0.6 is 0 Å². The molecule has 0 radical (unpaired) electrons. The lowest BCUT2D eigenvalue weighted by Gasteiger charge is -2.18. The Kier molecular flexibility index (Phi) is 5.27. The number of hydrogen-bond donors (Lipinski definition) is 1. The average Bonchev–Trinajstić information content (AvgIpc) is 3.18. The number of nitrogens with zero attached hydrogens (tertiary/aromatic N) is 1. The Labute approximate surface area is 148 Å². The number of carbonyl (C=O) groups is 2. The Bertz CT molecular complexity index is 653. The van der Waals surface area contributed by atoms with Crippen LogP contribution in [-0.2, 0) is 16.1 Å². The van der Waals surface area contributed by atoms with Crippen LogP contribution in [-0.4, -0.2) is 42.7 Å². The molecular weight excluding hydrogens is 320 g/mol. The van der Waals surface area contributed by atoms with Crippen LogP contribution in [0, 0.1) is 18.8 Å². The lowest BCUT2D eigenvalue weighted by atomic mass is 10.0. The topological polar surface area (TPSA) is 67.9 Å². The fourth-order valence-corrected chi connectivity index (χ4v) is 3.16. The van der Waals surface area contributed by atoms with E-state index >= 15 is 0 Å². The van der Waals surface area contributed by atoms with Crippen LogP contribution in [0.25, 0.3) is 0 Å². The summed E-state index contributed by atoms with van der Waals surface area (Å²) in [6.07, 6.45) is 1.00. The summed E-state index contributed by atoms with van der Waals surface area (Å²) < 4.78 is 11.4. The molecule has 136 valence electrons. The minimum absolute atomic E-state index is 0.0672. The molecule has 0 saturated carbocycles. The fourth-order valence-electron chi connectivity index (χ4n) is 3.16. The largest absolute Gasteiger partial charge is 0.493 e. The summed E-state index contributed by atoms with van der Waals surface area (Å²) in [6.45, 7) is 8.18. The number of rotatable bonds is 6. The van der Waals surface area contributed by atoms with Gasteiger partial charge in [-0.15, -0.1) is 0 Å². The number of hydrogen-bond acceptors (Lipinski definition) is 4. The zero-order chi connectivity index (χ0) is 18.0. The summed E-state index contributed by atoms with van der Waals surface area (Å²) in [5.74, 6) is 1.03. The zero-order valence-electron chi connectivity index (χ0n) is 15.1. The molecule has 1 aromatic rings. The van der Waals surface area contributed by atoms with Gasteiger partial charge >= 0.3 is 6.03 Å².